The Hall–Kier alpha value is -1.39. The van der Waals surface area contributed by atoms with Gasteiger partial charge < -0.3 is 10.6 Å². The van der Waals surface area contributed by atoms with Crippen molar-refractivity contribution >= 4 is 5.91 Å². The monoisotopic (exact) mass is 275 g/mol. The van der Waals surface area contributed by atoms with Crippen molar-refractivity contribution in [3.8, 4) is 0 Å². The van der Waals surface area contributed by atoms with Crippen molar-refractivity contribution in [3.05, 3.63) is 35.9 Å². The van der Waals surface area contributed by atoms with Gasteiger partial charge >= 0.3 is 0 Å². The molecule has 1 atom stereocenters. The Morgan fingerprint density at radius 2 is 2.15 bits per heavy atom. The van der Waals surface area contributed by atoms with Gasteiger partial charge in [0.2, 0.25) is 5.91 Å². The van der Waals surface area contributed by atoms with Crippen molar-refractivity contribution in [2.45, 2.75) is 32.4 Å². The molecule has 1 heterocycles. The van der Waals surface area contributed by atoms with Crippen molar-refractivity contribution < 1.29 is 4.79 Å². The maximum Gasteiger partial charge on any atom is 0.234 e. The normalized spacial score (nSPS) is 19.8. The van der Waals surface area contributed by atoms with Gasteiger partial charge in [-0.25, -0.2) is 0 Å². The number of amides is 1. The number of nitrogens with zero attached hydrogens (tertiary/aromatic N) is 1. The summed E-state index contributed by atoms with van der Waals surface area (Å²) in [5.41, 5.74) is 1.34. The third kappa shape index (κ3) is 4.94. The topological polar surface area (TPSA) is 44.4 Å². The van der Waals surface area contributed by atoms with Crippen molar-refractivity contribution in [2.75, 3.05) is 26.2 Å². The largest absolute Gasteiger partial charge is 0.351 e. The van der Waals surface area contributed by atoms with E-state index in [-0.39, 0.29) is 5.91 Å². The summed E-state index contributed by atoms with van der Waals surface area (Å²) in [7, 11) is 0. The van der Waals surface area contributed by atoms with E-state index in [1.54, 1.807) is 0 Å². The third-order valence-electron chi connectivity index (χ3n) is 3.66. The van der Waals surface area contributed by atoms with Crippen LogP contribution in [-0.4, -0.2) is 43.0 Å². The number of rotatable bonds is 6. The highest BCUT2D eigenvalue weighted by Crippen LogP contribution is 2.13. The molecule has 2 N–H and O–H groups in total. The average molecular weight is 275 g/mol. The van der Waals surface area contributed by atoms with Gasteiger partial charge in [-0.1, -0.05) is 37.3 Å². The predicted molar refractivity (Wildman–Crippen MR) is 81.4 cm³/mol. The van der Waals surface area contributed by atoms with Crippen LogP contribution in [0, 0.1) is 0 Å². The first kappa shape index (κ1) is 15.0. The van der Waals surface area contributed by atoms with Crippen LogP contribution in [0.15, 0.2) is 30.3 Å². The highest BCUT2D eigenvalue weighted by Gasteiger charge is 2.21. The Kier molecular flexibility index (Phi) is 6.02. The zero-order valence-corrected chi connectivity index (χ0v) is 12.3. The lowest BCUT2D eigenvalue weighted by molar-refractivity contribution is -0.121. The molecule has 1 unspecified atom stereocenters. The minimum Gasteiger partial charge on any atom is -0.351 e. The Labute approximate surface area is 121 Å². The SMILES string of the molecule is CCNCC(=O)NC1CCCN(Cc2ccccc2)C1. The van der Waals surface area contributed by atoms with Crippen LogP contribution in [0.1, 0.15) is 25.3 Å². The smallest absolute Gasteiger partial charge is 0.234 e. The highest BCUT2D eigenvalue weighted by atomic mass is 16.2. The number of benzene rings is 1. The number of likely N-dealkylation sites (N-methyl/N-ethyl adjacent to an activating group) is 1. The molecule has 1 aromatic rings. The summed E-state index contributed by atoms with van der Waals surface area (Å²) >= 11 is 0. The van der Waals surface area contributed by atoms with E-state index in [4.69, 9.17) is 0 Å². The molecule has 1 aliphatic rings. The second-order valence-electron chi connectivity index (χ2n) is 5.41. The fourth-order valence-corrected chi connectivity index (χ4v) is 2.68. The first-order valence-electron chi connectivity index (χ1n) is 7.54. The maximum atomic E-state index is 11.7. The van der Waals surface area contributed by atoms with Gasteiger partial charge in [-0.2, -0.15) is 0 Å². The van der Waals surface area contributed by atoms with E-state index in [1.165, 1.54) is 5.56 Å². The number of hydrogen-bond donors (Lipinski definition) is 2. The van der Waals surface area contributed by atoms with Crippen LogP contribution >= 0.6 is 0 Å². The molecule has 0 bridgehead atoms. The van der Waals surface area contributed by atoms with Crippen molar-refractivity contribution in [1.29, 1.82) is 0 Å². The van der Waals surface area contributed by atoms with E-state index in [0.29, 0.717) is 12.6 Å². The average Bonchev–Trinajstić information content (AvgIpc) is 2.46. The molecule has 4 nitrogen and oxygen atoms in total. The molecule has 0 spiro atoms. The predicted octanol–water partition coefficient (Wildman–Crippen LogP) is 1.38. The van der Waals surface area contributed by atoms with Gasteiger partial charge in [-0.05, 0) is 31.5 Å². The lowest BCUT2D eigenvalue weighted by Crippen LogP contribution is -2.49. The standard InChI is InChI=1S/C16H25N3O/c1-2-17-11-16(20)18-15-9-6-10-19(13-15)12-14-7-4-3-5-8-14/h3-5,7-8,15,17H,2,6,9-13H2,1H3,(H,18,20). The van der Waals surface area contributed by atoms with Crippen LogP contribution in [-0.2, 0) is 11.3 Å². The van der Waals surface area contributed by atoms with Gasteiger partial charge in [-0.15, -0.1) is 0 Å². The molecule has 4 heteroatoms. The van der Waals surface area contributed by atoms with E-state index < -0.39 is 0 Å². The zero-order chi connectivity index (χ0) is 14.2. The van der Waals surface area contributed by atoms with E-state index in [1.807, 2.05) is 13.0 Å². The molecule has 0 aliphatic carbocycles. The van der Waals surface area contributed by atoms with Crippen LogP contribution in [0.25, 0.3) is 0 Å². The summed E-state index contributed by atoms with van der Waals surface area (Å²) in [6.07, 6.45) is 2.24. The van der Waals surface area contributed by atoms with Crippen LogP contribution in [0.3, 0.4) is 0 Å². The Balaban J connectivity index is 1.78. The van der Waals surface area contributed by atoms with E-state index >= 15 is 0 Å². The molecule has 1 amide bonds. The lowest BCUT2D eigenvalue weighted by atomic mass is 10.0. The lowest BCUT2D eigenvalue weighted by Gasteiger charge is -2.33. The van der Waals surface area contributed by atoms with Gasteiger partial charge in [0.15, 0.2) is 0 Å². The second kappa shape index (κ2) is 8.02. The molecule has 2 rings (SSSR count). The van der Waals surface area contributed by atoms with E-state index in [2.05, 4.69) is 39.8 Å². The van der Waals surface area contributed by atoms with Gasteiger partial charge in [0, 0.05) is 19.1 Å². The molecule has 0 radical (unpaired) electrons. The van der Waals surface area contributed by atoms with Crippen LogP contribution in [0.4, 0.5) is 0 Å². The summed E-state index contributed by atoms with van der Waals surface area (Å²) in [5, 5.41) is 6.19. The Bertz CT molecular complexity index is 407. The Morgan fingerprint density at radius 3 is 2.90 bits per heavy atom. The van der Waals surface area contributed by atoms with Crippen molar-refractivity contribution in [3.63, 3.8) is 0 Å². The molecular weight excluding hydrogens is 250 g/mol. The number of piperidine rings is 1. The number of carbonyl (C=O) groups is 1. The number of hydrogen-bond acceptors (Lipinski definition) is 3. The molecule has 1 aromatic carbocycles. The van der Waals surface area contributed by atoms with Gasteiger partial charge in [-0.3, -0.25) is 9.69 Å². The highest BCUT2D eigenvalue weighted by molar-refractivity contribution is 5.78. The maximum absolute atomic E-state index is 11.7. The van der Waals surface area contributed by atoms with Gasteiger partial charge in [0.05, 0.1) is 6.54 Å². The van der Waals surface area contributed by atoms with Crippen LogP contribution < -0.4 is 10.6 Å². The van der Waals surface area contributed by atoms with Crippen LogP contribution in [0.2, 0.25) is 0 Å². The third-order valence-corrected chi connectivity index (χ3v) is 3.66. The van der Waals surface area contributed by atoms with Gasteiger partial charge in [0.25, 0.3) is 0 Å². The molecule has 0 aromatic heterocycles. The minimum atomic E-state index is 0.110. The minimum absolute atomic E-state index is 0.110. The van der Waals surface area contributed by atoms with Crippen molar-refractivity contribution in [1.82, 2.24) is 15.5 Å². The molecule has 20 heavy (non-hydrogen) atoms. The molecular formula is C16H25N3O. The molecule has 1 aliphatic heterocycles. The summed E-state index contributed by atoms with van der Waals surface area (Å²) in [5.74, 6) is 0.110. The summed E-state index contributed by atoms with van der Waals surface area (Å²) in [6, 6.07) is 10.8. The fraction of sp³-hybridized carbons (Fsp3) is 0.562. The fourth-order valence-electron chi connectivity index (χ4n) is 2.68. The Morgan fingerprint density at radius 1 is 1.35 bits per heavy atom. The first-order chi connectivity index (χ1) is 9.78. The molecule has 0 saturated carbocycles. The number of likely N-dealkylation sites (tertiary alicyclic amines) is 1. The zero-order valence-electron chi connectivity index (χ0n) is 12.3. The molecule has 110 valence electrons. The van der Waals surface area contributed by atoms with E-state index in [9.17, 15) is 4.79 Å². The van der Waals surface area contributed by atoms with Crippen LogP contribution in [0.5, 0.6) is 0 Å². The quantitative estimate of drug-likeness (QED) is 0.824. The number of carbonyl (C=O) groups excluding carboxylic acids is 1. The molecule has 1 saturated heterocycles. The first-order valence-corrected chi connectivity index (χ1v) is 7.54. The molecule has 1 fully saturated rings. The summed E-state index contributed by atoms with van der Waals surface area (Å²) < 4.78 is 0. The number of nitrogens with one attached hydrogen (secondary N) is 2. The van der Waals surface area contributed by atoms with Gasteiger partial charge in [0.1, 0.15) is 0 Å². The summed E-state index contributed by atoms with van der Waals surface area (Å²) in [6.45, 7) is 6.31. The summed E-state index contributed by atoms with van der Waals surface area (Å²) in [4.78, 5) is 14.2. The van der Waals surface area contributed by atoms with Crippen molar-refractivity contribution in [2.24, 2.45) is 0 Å². The second-order valence-corrected chi connectivity index (χ2v) is 5.41. The van der Waals surface area contributed by atoms with E-state index in [0.717, 1.165) is 39.0 Å².